The number of H-pyrrole nitrogens is 1. The number of rotatable bonds is 4. The number of hydrogen-bond donors (Lipinski definition) is 2. The molecule has 2 rings (SSSR count). The van der Waals surface area contributed by atoms with E-state index >= 15 is 0 Å². The van der Waals surface area contributed by atoms with Crippen LogP contribution in [0, 0.1) is 6.92 Å². The summed E-state index contributed by atoms with van der Waals surface area (Å²) < 4.78 is 0. The molecule has 0 aliphatic rings. The average molecular weight is 243 g/mol. The molecule has 0 saturated carbocycles. The molecule has 0 aliphatic carbocycles. The molecule has 18 heavy (non-hydrogen) atoms. The summed E-state index contributed by atoms with van der Waals surface area (Å²) in [6.07, 6.45) is 1.59. The van der Waals surface area contributed by atoms with Crippen molar-refractivity contribution in [3.05, 3.63) is 63.3 Å². The lowest BCUT2D eigenvalue weighted by Crippen LogP contribution is -2.21. The molecule has 0 atom stereocenters. The van der Waals surface area contributed by atoms with E-state index in [4.69, 9.17) is 5.73 Å². The Balaban J connectivity index is 2.14. The van der Waals surface area contributed by atoms with Crippen molar-refractivity contribution in [3.8, 4) is 0 Å². The number of aryl methyl sites for hydroxylation is 3. The van der Waals surface area contributed by atoms with Crippen LogP contribution < -0.4 is 11.3 Å². The third-order valence-corrected chi connectivity index (χ3v) is 2.97. The molecule has 1 aromatic carbocycles. The molecule has 0 unspecified atom stereocenters. The standard InChI is InChI=1S/C14H17N3O/c1-10-12(9-15)14(18)17-13(16-10)8-7-11-5-3-2-4-6-11/h2-6H,7-9,15H2,1H3,(H,16,17,18). The number of nitrogens with one attached hydrogen (secondary N) is 1. The van der Waals surface area contributed by atoms with Gasteiger partial charge in [0.25, 0.3) is 5.56 Å². The minimum absolute atomic E-state index is 0.118. The summed E-state index contributed by atoms with van der Waals surface area (Å²) in [7, 11) is 0. The van der Waals surface area contributed by atoms with E-state index in [9.17, 15) is 4.79 Å². The number of hydrogen-bond acceptors (Lipinski definition) is 3. The zero-order chi connectivity index (χ0) is 13.0. The zero-order valence-corrected chi connectivity index (χ0v) is 10.4. The smallest absolute Gasteiger partial charge is 0.255 e. The van der Waals surface area contributed by atoms with E-state index in [1.54, 1.807) is 0 Å². The number of nitrogens with zero attached hydrogens (tertiary/aromatic N) is 1. The summed E-state index contributed by atoms with van der Waals surface area (Å²) in [5.74, 6) is 0.721. The minimum Gasteiger partial charge on any atom is -0.326 e. The van der Waals surface area contributed by atoms with Gasteiger partial charge in [-0.05, 0) is 18.9 Å². The van der Waals surface area contributed by atoms with Crippen molar-refractivity contribution >= 4 is 0 Å². The molecule has 1 heterocycles. The Morgan fingerprint density at radius 1 is 1.22 bits per heavy atom. The molecule has 0 radical (unpaired) electrons. The first kappa shape index (κ1) is 12.5. The summed E-state index contributed by atoms with van der Waals surface area (Å²) in [5.41, 5.74) is 7.92. The molecule has 0 saturated heterocycles. The van der Waals surface area contributed by atoms with E-state index in [1.165, 1.54) is 5.56 Å². The Bertz CT molecular complexity index is 575. The Morgan fingerprint density at radius 2 is 1.94 bits per heavy atom. The van der Waals surface area contributed by atoms with Gasteiger partial charge >= 0.3 is 0 Å². The van der Waals surface area contributed by atoms with Crippen LogP contribution in [0.25, 0.3) is 0 Å². The molecule has 1 aromatic heterocycles. The first-order chi connectivity index (χ1) is 8.70. The zero-order valence-electron chi connectivity index (χ0n) is 10.4. The van der Waals surface area contributed by atoms with Gasteiger partial charge in [-0.1, -0.05) is 30.3 Å². The molecule has 0 bridgehead atoms. The first-order valence-corrected chi connectivity index (χ1v) is 6.03. The lowest BCUT2D eigenvalue weighted by Gasteiger charge is -2.05. The average Bonchev–Trinajstić information content (AvgIpc) is 2.37. The highest BCUT2D eigenvalue weighted by atomic mass is 16.1. The minimum atomic E-state index is -0.118. The molecule has 0 amide bonds. The van der Waals surface area contributed by atoms with Crippen LogP contribution in [0.15, 0.2) is 35.1 Å². The van der Waals surface area contributed by atoms with Crippen LogP contribution in [-0.2, 0) is 19.4 Å². The fraction of sp³-hybridized carbons (Fsp3) is 0.286. The number of nitrogens with two attached hydrogens (primary N) is 1. The molecular weight excluding hydrogens is 226 g/mol. The van der Waals surface area contributed by atoms with Crippen LogP contribution in [0.4, 0.5) is 0 Å². The summed E-state index contributed by atoms with van der Waals surface area (Å²) in [4.78, 5) is 18.9. The van der Waals surface area contributed by atoms with Crippen LogP contribution in [-0.4, -0.2) is 9.97 Å². The second-order valence-electron chi connectivity index (χ2n) is 4.27. The Morgan fingerprint density at radius 3 is 2.56 bits per heavy atom. The van der Waals surface area contributed by atoms with Crippen molar-refractivity contribution in [1.82, 2.24) is 9.97 Å². The van der Waals surface area contributed by atoms with E-state index in [0.717, 1.165) is 24.4 Å². The lowest BCUT2D eigenvalue weighted by molar-refractivity contribution is 0.812. The van der Waals surface area contributed by atoms with E-state index in [0.29, 0.717) is 5.56 Å². The maximum atomic E-state index is 11.7. The normalized spacial score (nSPS) is 10.6. The van der Waals surface area contributed by atoms with Gasteiger partial charge in [-0.2, -0.15) is 0 Å². The predicted molar refractivity (Wildman–Crippen MR) is 71.3 cm³/mol. The Kier molecular flexibility index (Phi) is 3.89. The van der Waals surface area contributed by atoms with E-state index in [1.807, 2.05) is 25.1 Å². The highest BCUT2D eigenvalue weighted by Gasteiger charge is 2.06. The quantitative estimate of drug-likeness (QED) is 0.850. The van der Waals surface area contributed by atoms with E-state index in [-0.39, 0.29) is 12.1 Å². The van der Waals surface area contributed by atoms with Gasteiger partial charge in [0.1, 0.15) is 5.82 Å². The van der Waals surface area contributed by atoms with Crippen molar-refractivity contribution in [3.63, 3.8) is 0 Å². The van der Waals surface area contributed by atoms with Gasteiger partial charge in [-0.25, -0.2) is 4.98 Å². The molecular formula is C14H17N3O. The predicted octanol–water partition coefficient (Wildman–Crippen LogP) is 1.32. The van der Waals surface area contributed by atoms with E-state index < -0.39 is 0 Å². The van der Waals surface area contributed by atoms with Gasteiger partial charge in [0.15, 0.2) is 0 Å². The van der Waals surface area contributed by atoms with Crippen molar-refractivity contribution in [2.24, 2.45) is 5.73 Å². The SMILES string of the molecule is Cc1nc(CCc2ccccc2)[nH]c(=O)c1CN. The summed E-state index contributed by atoms with van der Waals surface area (Å²) >= 11 is 0. The van der Waals surface area contributed by atoms with E-state index in [2.05, 4.69) is 22.1 Å². The van der Waals surface area contributed by atoms with Gasteiger partial charge in [0.05, 0.1) is 5.56 Å². The monoisotopic (exact) mass is 243 g/mol. The number of aromatic amines is 1. The lowest BCUT2D eigenvalue weighted by atomic mass is 10.1. The molecule has 94 valence electrons. The van der Waals surface area contributed by atoms with Crippen LogP contribution in [0.5, 0.6) is 0 Å². The topological polar surface area (TPSA) is 71.8 Å². The number of aromatic nitrogens is 2. The Labute approximate surface area is 106 Å². The van der Waals surface area contributed by atoms with Crippen LogP contribution in [0.1, 0.15) is 22.6 Å². The first-order valence-electron chi connectivity index (χ1n) is 6.03. The summed E-state index contributed by atoms with van der Waals surface area (Å²) in [6.45, 7) is 2.05. The maximum absolute atomic E-state index is 11.7. The Hall–Kier alpha value is -1.94. The second-order valence-corrected chi connectivity index (χ2v) is 4.27. The largest absolute Gasteiger partial charge is 0.326 e. The highest BCUT2D eigenvalue weighted by Crippen LogP contribution is 2.04. The van der Waals surface area contributed by atoms with Gasteiger partial charge in [0, 0.05) is 18.7 Å². The fourth-order valence-electron chi connectivity index (χ4n) is 1.93. The third-order valence-electron chi connectivity index (χ3n) is 2.97. The third kappa shape index (κ3) is 2.84. The van der Waals surface area contributed by atoms with Gasteiger partial charge in [-0.15, -0.1) is 0 Å². The molecule has 0 spiro atoms. The van der Waals surface area contributed by atoms with Crippen LogP contribution >= 0.6 is 0 Å². The highest BCUT2D eigenvalue weighted by molar-refractivity contribution is 5.18. The molecule has 3 N–H and O–H groups in total. The van der Waals surface area contributed by atoms with Gasteiger partial charge in [0.2, 0.25) is 0 Å². The molecule has 4 heteroatoms. The second kappa shape index (κ2) is 5.60. The summed E-state index contributed by atoms with van der Waals surface area (Å²) in [5, 5.41) is 0. The van der Waals surface area contributed by atoms with Crippen molar-refractivity contribution in [2.75, 3.05) is 0 Å². The van der Waals surface area contributed by atoms with Crippen molar-refractivity contribution in [1.29, 1.82) is 0 Å². The maximum Gasteiger partial charge on any atom is 0.255 e. The van der Waals surface area contributed by atoms with Crippen LogP contribution in [0.2, 0.25) is 0 Å². The van der Waals surface area contributed by atoms with Gasteiger partial charge < -0.3 is 10.7 Å². The number of benzene rings is 1. The molecule has 0 aliphatic heterocycles. The molecule has 2 aromatic rings. The van der Waals surface area contributed by atoms with Crippen molar-refractivity contribution < 1.29 is 0 Å². The molecule has 4 nitrogen and oxygen atoms in total. The van der Waals surface area contributed by atoms with Crippen molar-refractivity contribution in [2.45, 2.75) is 26.3 Å². The van der Waals surface area contributed by atoms with Gasteiger partial charge in [-0.3, -0.25) is 4.79 Å². The molecule has 0 fully saturated rings. The summed E-state index contributed by atoms with van der Waals surface area (Å²) in [6, 6.07) is 10.1. The van der Waals surface area contributed by atoms with Crippen LogP contribution in [0.3, 0.4) is 0 Å². The fourth-order valence-corrected chi connectivity index (χ4v) is 1.93.